The van der Waals surface area contributed by atoms with Crippen LogP contribution in [0.15, 0.2) is 53.5 Å². The van der Waals surface area contributed by atoms with Crippen molar-refractivity contribution < 1.29 is 19.1 Å². The van der Waals surface area contributed by atoms with Gasteiger partial charge >= 0.3 is 5.97 Å². The van der Waals surface area contributed by atoms with Crippen LogP contribution in [0.4, 0.5) is 5.69 Å². The van der Waals surface area contributed by atoms with E-state index in [0.29, 0.717) is 24.8 Å². The second kappa shape index (κ2) is 14.5. The summed E-state index contributed by atoms with van der Waals surface area (Å²) < 4.78 is 11.2. The largest absolute Gasteiger partial charge is 0.492 e. The summed E-state index contributed by atoms with van der Waals surface area (Å²) in [6, 6.07) is 16.1. The lowest BCUT2D eigenvalue weighted by molar-refractivity contribution is -0.153. The Morgan fingerprint density at radius 2 is 1.73 bits per heavy atom. The summed E-state index contributed by atoms with van der Waals surface area (Å²) >= 11 is 0. The van der Waals surface area contributed by atoms with Crippen molar-refractivity contribution in [2.24, 2.45) is 4.99 Å². The molecule has 0 saturated heterocycles. The average molecular weight is 564 g/mol. The topological polar surface area (TPSA) is 104 Å². The Morgan fingerprint density at radius 1 is 1.02 bits per heavy atom. The molecule has 1 aliphatic heterocycles. The summed E-state index contributed by atoms with van der Waals surface area (Å²) in [6.07, 6.45) is 8.39. The molecule has 1 aliphatic carbocycles. The highest BCUT2D eigenvalue weighted by Crippen LogP contribution is 2.22. The maximum atomic E-state index is 12.4. The predicted molar refractivity (Wildman–Crippen MR) is 163 cm³/mol. The number of hydrogen-bond acceptors (Lipinski definition) is 8. The number of carbonyl (C=O) groups is 2. The molecule has 1 saturated carbocycles. The average Bonchev–Trinajstić information content (AvgIpc) is 2.97. The van der Waals surface area contributed by atoms with Gasteiger partial charge in [0.1, 0.15) is 24.5 Å². The predicted octanol–water partition coefficient (Wildman–Crippen LogP) is 4.55. The quantitative estimate of drug-likeness (QED) is 0.345. The molecule has 2 aliphatic rings. The lowest BCUT2D eigenvalue weighted by Crippen LogP contribution is -2.41. The molecule has 0 spiro atoms. The minimum absolute atomic E-state index is 0.0921. The van der Waals surface area contributed by atoms with Gasteiger partial charge in [0, 0.05) is 42.5 Å². The van der Waals surface area contributed by atoms with Crippen LogP contribution in [0.5, 0.6) is 5.75 Å². The van der Waals surface area contributed by atoms with Crippen molar-refractivity contribution in [1.29, 1.82) is 0 Å². The van der Waals surface area contributed by atoms with Crippen LogP contribution in [0.2, 0.25) is 0 Å². The Hall–Kier alpha value is -3.43. The molecule has 9 heteroatoms. The molecule has 2 aromatic carbocycles. The zero-order chi connectivity index (χ0) is 29.2. The van der Waals surface area contributed by atoms with Gasteiger partial charge in [0.25, 0.3) is 5.91 Å². The number of likely N-dealkylation sites (N-methyl/N-ethyl adjacent to an activating group) is 1. The Bertz CT molecular complexity index is 1150. The number of amides is 1. The summed E-state index contributed by atoms with van der Waals surface area (Å²) in [4.78, 5) is 31.3. The number of ether oxygens (including phenoxy) is 2. The smallest absolute Gasteiger partial charge is 0.325 e. The highest BCUT2D eigenvalue weighted by atomic mass is 16.6. The summed E-state index contributed by atoms with van der Waals surface area (Å²) in [5.41, 5.74) is 1.92. The van der Waals surface area contributed by atoms with Crippen molar-refractivity contribution in [1.82, 2.24) is 15.5 Å². The van der Waals surface area contributed by atoms with Gasteiger partial charge in [-0.3, -0.25) is 19.9 Å². The first-order chi connectivity index (χ1) is 19.7. The number of rotatable bonds is 11. The van der Waals surface area contributed by atoms with E-state index in [2.05, 4.69) is 32.9 Å². The summed E-state index contributed by atoms with van der Waals surface area (Å²) in [5, 5.41) is 9.43. The van der Waals surface area contributed by atoms with Gasteiger partial charge < -0.3 is 25.0 Å². The molecule has 41 heavy (non-hydrogen) atoms. The van der Waals surface area contributed by atoms with Crippen LogP contribution >= 0.6 is 0 Å². The minimum atomic E-state index is -0.585. The lowest BCUT2D eigenvalue weighted by atomic mass is 9.94. The van der Waals surface area contributed by atoms with Gasteiger partial charge in [0.2, 0.25) is 0 Å². The van der Waals surface area contributed by atoms with Gasteiger partial charge in [-0.15, -0.1) is 0 Å². The Morgan fingerprint density at radius 3 is 2.37 bits per heavy atom. The second-order valence-corrected chi connectivity index (χ2v) is 11.9. The molecule has 0 radical (unpaired) electrons. The first-order valence-corrected chi connectivity index (χ1v) is 14.7. The number of carbonyl (C=O) groups excluding carboxylic acids is 2. The van der Waals surface area contributed by atoms with E-state index in [0.717, 1.165) is 23.5 Å². The first kappa shape index (κ1) is 30.5. The van der Waals surface area contributed by atoms with Gasteiger partial charge in [-0.25, -0.2) is 0 Å². The highest BCUT2D eigenvalue weighted by Gasteiger charge is 2.20. The van der Waals surface area contributed by atoms with Gasteiger partial charge in [-0.1, -0.05) is 31.4 Å². The summed E-state index contributed by atoms with van der Waals surface area (Å²) in [6.45, 7) is 7.54. The molecule has 4 rings (SSSR count). The summed E-state index contributed by atoms with van der Waals surface area (Å²) in [5.74, 6) is 0.182. The van der Waals surface area contributed by atoms with E-state index in [1.54, 1.807) is 32.9 Å². The first-order valence-electron chi connectivity index (χ1n) is 14.7. The Balaban J connectivity index is 1.18. The number of benzene rings is 2. The van der Waals surface area contributed by atoms with E-state index in [1.807, 2.05) is 42.6 Å². The molecule has 0 aromatic heterocycles. The molecular weight excluding hydrogens is 518 g/mol. The minimum Gasteiger partial charge on any atom is -0.492 e. The zero-order valence-corrected chi connectivity index (χ0v) is 24.8. The summed E-state index contributed by atoms with van der Waals surface area (Å²) in [7, 11) is 2.21. The van der Waals surface area contributed by atoms with Gasteiger partial charge in [-0.05, 0) is 82.6 Å². The number of nitrogens with zero attached hydrogens (tertiary/aromatic N) is 2. The molecule has 2 atom stereocenters. The molecule has 2 unspecified atom stereocenters. The SMILES string of the molecule is CN(CCOc1ccc(NC2N=CC(c3ccc(C(=O)NCC(=O)OC(C)(C)C)cc3)CN2)cc1)C1CCCCC1. The Labute approximate surface area is 244 Å². The van der Waals surface area contributed by atoms with Crippen LogP contribution in [0, 0.1) is 0 Å². The van der Waals surface area contributed by atoms with Crippen molar-refractivity contribution in [3.8, 4) is 5.75 Å². The third-order valence-electron chi connectivity index (χ3n) is 7.43. The fourth-order valence-electron chi connectivity index (χ4n) is 5.16. The normalized spacial score (nSPS) is 19.5. The van der Waals surface area contributed by atoms with Crippen LogP contribution in [0.1, 0.15) is 74.7 Å². The zero-order valence-electron chi connectivity index (χ0n) is 24.8. The van der Waals surface area contributed by atoms with Crippen LogP contribution in [0.3, 0.4) is 0 Å². The van der Waals surface area contributed by atoms with Gasteiger partial charge in [0.15, 0.2) is 6.29 Å². The second-order valence-electron chi connectivity index (χ2n) is 11.9. The van der Waals surface area contributed by atoms with E-state index >= 15 is 0 Å². The maximum absolute atomic E-state index is 12.4. The Kier molecular flexibility index (Phi) is 10.8. The van der Waals surface area contributed by atoms with E-state index in [-0.39, 0.29) is 24.7 Å². The van der Waals surface area contributed by atoms with Gasteiger partial charge in [-0.2, -0.15) is 0 Å². The monoisotopic (exact) mass is 563 g/mol. The fraction of sp³-hybridized carbons (Fsp3) is 0.531. The van der Waals surface area contributed by atoms with E-state index in [4.69, 9.17) is 9.47 Å². The van der Waals surface area contributed by atoms with Crippen molar-refractivity contribution in [2.75, 3.05) is 38.6 Å². The number of aliphatic imine (C=N–C) groups is 1. The molecule has 222 valence electrons. The molecule has 9 nitrogen and oxygen atoms in total. The fourth-order valence-corrected chi connectivity index (χ4v) is 5.16. The third kappa shape index (κ3) is 9.86. The van der Waals surface area contributed by atoms with E-state index < -0.39 is 11.6 Å². The molecule has 1 heterocycles. The molecular formula is C32H45N5O4. The van der Waals surface area contributed by atoms with Crippen LogP contribution in [-0.4, -0.2) is 74.2 Å². The van der Waals surface area contributed by atoms with Crippen LogP contribution in [0.25, 0.3) is 0 Å². The van der Waals surface area contributed by atoms with E-state index in [1.165, 1.54) is 32.1 Å². The molecule has 3 N–H and O–H groups in total. The van der Waals surface area contributed by atoms with Crippen molar-refractivity contribution in [3.63, 3.8) is 0 Å². The number of anilines is 1. The molecule has 1 amide bonds. The number of hydrogen-bond donors (Lipinski definition) is 3. The third-order valence-corrected chi connectivity index (χ3v) is 7.43. The maximum Gasteiger partial charge on any atom is 0.325 e. The van der Waals surface area contributed by atoms with Crippen molar-refractivity contribution in [3.05, 3.63) is 59.7 Å². The standard InChI is InChI=1S/C32H45N5O4/c1-32(2,3)41-29(38)22-33-30(39)24-12-10-23(11-13-24)25-20-34-31(35-21-25)36-26-14-16-28(17-15-26)40-19-18-37(4)27-8-6-5-7-9-27/h10-17,20,25,27,31,35-36H,5-9,18-19,21-22H2,1-4H3,(H,33,39). The van der Waals surface area contributed by atoms with Crippen molar-refractivity contribution >= 4 is 23.8 Å². The van der Waals surface area contributed by atoms with Crippen molar-refractivity contribution in [2.45, 2.75) is 76.7 Å². The van der Waals surface area contributed by atoms with Gasteiger partial charge in [0.05, 0.1) is 0 Å². The van der Waals surface area contributed by atoms with E-state index in [9.17, 15) is 9.59 Å². The highest BCUT2D eigenvalue weighted by molar-refractivity contribution is 5.96. The molecule has 1 fully saturated rings. The molecule has 2 aromatic rings. The van der Waals surface area contributed by atoms with Crippen LogP contribution < -0.4 is 20.7 Å². The lowest BCUT2D eigenvalue weighted by Gasteiger charge is -2.31. The molecule has 0 bridgehead atoms. The number of nitrogens with one attached hydrogen (secondary N) is 3. The van der Waals surface area contributed by atoms with Crippen LogP contribution in [-0.2, 0) is 9.53 Å². The number of esters is 1.